The van der Waals surface area contributed by atoms with Crippen LogP contribution in [-0.2, 0) is 0 Å². The fourth-order valence-electron chi connectivity index (χ4n) is 2.41. The van der Waals surface area contributed by atoms with Crippen LogP contribution in [0.2, 0.25) is 0 Å². The summed E-state index contributed by atoms with van der Waals surface area (Å²) in [6, 6.07) is 11.1. The molecule has 0 amide bonds. The van der Waals surface area contributed by atoms with Crippen molar-refractivity contribution in [2.75, 3.05) is 0 Å². The van der Waals surface area contributed by atoms with E-state index in [0.717, 1.165) is 6.07 Å². The number of aromatic hydroxyl groups is 2. The molecule has 0 aliphatic rings. The molecular weight excluding hydrogens is 446 g/mol. The van der Waals surface area contributed by atoms with Crippen molar-refractivity contribution in [3.8, 4) is 33.8 Å². The van der Waals surface area contributed by atoms with Crippen molar-refractivity contribution in [1.82, 2.24) is 0 Å². The van der Waals surface area contributed by atoms with Crippen LogP contribution in [0.5, 0.6) is 11.5 Å². The third-order valence-corrected chi connectivity index (χ3v) is 4.54. The van der Waals surface area contributed by atoms with Gasteiger partial charge in [0.1, 0.15) is 23.1 Å². The van der Waals surface area contributed by atoms with Gasteiger partial charge in [0.15, 0.2) is 0 Å². The van der Waals surface area contributed by atoms with Gasteiger partial charge in [0.05, 0.1) is 0 Å². The van der Waals surface area contributed by atoms with E-state index in [9.17, 15) is 19.0 Å². The molecule has 0 aromatic heterocycles. The lowest BCUT2D eigenvalue weighted by Crippen LogP contribution is -1.93. The Kier molecular flexibility index (Phi) is 4.60. The lowest BCUT2D eigenvalue weighted by Gasteiger charge is -2.12. The van der Waals surface area contributed by atoms with Crippen LogP contribution in [0.15, 0.2) is 57.5 Å². The van der Waals surface area contributed by atoms with Crippen LogP contribution in [-0.4, -0.2) is 10.2 Å². The fourth-order valence-corrected chi connectivity index (χ4v) is 3.13. The Morgan fingerprint density at radius 1 is 0.583 bits per heavy atom. The van der Waals surface area contributed by atoms with Crippen molar-refractivity contribution < 1.29 is 19.0 Å². The average molecular weight is 456 g/mol. The molecule has 0 unspecified atom stereocenters. The Balaban J connectivity index is 2.27. The Morgan fingerprint density at radius 2 is 1.00 bits per heavy atom. The first-order chi connectivity index (χ1) is 11.4. The zero-order chi connectivity index (χ0) is 17.4. The monoisotopic (exact) mass is 454 g/mol. The summed E-state index contributed by atoms with van der Waals surface area (Å²) in [7, 11) is 0. The maximum absolute atomic E-state index is 14.3. The van der Waals surface area contributed by atoms with E-state index in [1.165, 1.54) is 30.3 Å². The molecular formula is C18H10Br2F2O2. The summed E-state index contributed by atoms with van der Waals surface area (Å²) in [6.07, 6.45) is 0. The van der Waals surface area contributed by atoms with Gasteiger partial charge in [-0.15, -0.1) is 0 Å². The molecule has 0 saturated carbocycles. The molecule has 0 radical (unpaired) electrons. The number of hydrogen-bond acceptors (Lipinski definition) is 2. The predicted octanol–water partition coefficient (Wildman–Crippen LogP) is 6.24. The summed E-state index contributed by atoms with van der Waals surface area (Å²) >= 11 is 6.53. The van der Waals surface area contributed by atoms with Crippen molar-refractivity contribution in [3.63, 3.8) is 0 Å². The molecule has 3 aromatic rings. The summed E-state index contributed by atoms with van der Waals surface area (Å²) < 4.78 is 29.9. The van der Waals surface area contributed by atoms with Crippen LogP contribution in [0.4, 0.5) is 8.78 Å². The molecule has 24 heavy (non-hydrogen) atoms. The van der Waals surface area contributed by atoms with Gasteiger partial charge in [-0.1, -0.05) is 31.9 Å². The van der Waals surface area contributed by atoms with E-state index in [0.29, 0.717) is 8.95 Å². The second-order valence-electron chi connectivity index (χ2n) is 5.13. The Labute approximate surface area is 153 Å². The number of phenols is 2. The molecule has 0 fully saturated rings. The number of halogens is 4. The van der Waals surface area contributed by atoms with Crippen molar-refractivity contribution >= 4 is 31.9 Å². The second-order valence-corrected chi connectivity index (χ2v) is 6.97. The number of rotatable bonds is 2. The topological polar surface area (TPSA) is 40.5 Å². The molecule has 0 spiro atoms. The first kappa shape index (κ1) is 16.9. The van der Waals surface area contributed by atoms with Crippen molar-refractivity contribution in [2.45, 2.75) is 0 Å². The van der Waals surface area contributed by atoms with Gasteiger partial charge in [-0.3, -0.25) is 0 Å². The van der Waals surface area contributed by atoms with Gasteiger partial charge < -0.3 is 10.2 Å². The van der Waals surface area contributed by atoms with Crippen molar-refractivity contribution in [2.24, 2.45) is 0 Å². The molecule has 2 N–H and O–H groups in total. The Bertz CT molecular complexity index is 870. The van der Waals surface area contributed by atoms with Crippen molar-refractivity contribution in [3.05, 3.63) is 69.1 Å². The SMILES string of the molecule is Oc1ccc(Br)cc1-c1cc(-c2cc(Br)ccc2O)c(F)cc1F. The summed E-state index contributed by atoms with van der Waals surface area (Å²) in [6.45, 7) is 0. The fraction of sp³-hybridized carbons (Fsp3) is 0. The first-order valence-electron chi connectivity index (χ1n) is 6.83. The molecule has 3 aromatic carbocycles. The highest BCUT2D eigenvalue weighted by molar-refractivity contribution is 9.10. The maximum Gasteiger partial charge on any atom is 0.134 e. The molecule has 3 rings (SSSR count). The van der Waals surface area contributed by atoms with E-state index >= 15 is 0 Å². The summed E-state index contributed by atoms with van der Waals surface area (Å²) in [5.41, 5.74) is 0.504. The highest BCUT2D eigenvalue weighted by atomic mass is 79.9. The lowest BCUT2D eigenvalue weighted by molar-refractivity contribution is 0.476. The Hall–Kier alpha value is -1.92. The van der Waals surface area contributed by atoms with E-state index in [-0.39, 0.29) is 33.8 Å². The van der Waals surface area contributed by atoms with Gasteiger partial charge in [0.2, 0.25) is 0 Å². The van der Waals surface area contributed by atoms with Crippen LogP contribution in [0.3, 0.4) is 0 Å². The molecule has 6 heteroatoms. The highest BCUT2D eigenvalue weighted by Gasteiger charge is 2.17. The smallest absolute Gasteiger partial charge is 0.134 e. The maximum atomic E-state index is 14.3. The standard InChI is InChI=1S/C18H10Br2F2O2/c19-9-1-3-17(23)13(5-9)11-7-12(16(22)8-15(11)21)14-6-10(20)2-4-18(14)24/h1-8,23-24H. The van der Waals surface area contributed by atoms with E-state index < -0.39 is 11.6 Å². The van der Waals surface area contributed by atoms with Crippen LogP contribution >= 0.6 is 31.9 Å². The van der Waals surface area contributed by atoms with Gasteiger partial charge in [-0.2, -0.15) is 0 Å². The zero-order valence-corrected chi connectivity index (χ0v) is 15.2. The summed E-state index contributed by atoms with van der Waals surface area (Å²) in [5, 5.41) is 20.0. The van der Waals surface area contributed by atoms with E-state index in [4.69, 9.17) is 0 Å². The Morgan fingerprint density at radius 3 is 1.42 bits per heavy atom. The molecule has 122 valence electrons. The van der Waals surface area contributed by atoms with Gasteiger partial charge in [-0.05, 0) is 42.5 Å². The minimum absolute atomic E-state index is 0.0320. The third kappa shape index (κ3) is 3.16. The third-order valence-electron chi connectivity index (χ3n) is 3.55. The number of hydrogen-bond donors (Lipinski definition) is 2. The predicted molar refractivity (Wildman–Crippen MR) is 96.0 cm³/mol. The normalized spacial score (nSPS) is 10.8. The van der Waals surface area contributed by atoms with E-state index in [1.54, 1.807) is 12.1 Å². The van der Waals surface area contributed by atoms with Crippen LogP contribution in [0, 0.1) is 11.6 Å². The van der Waals surface area contributed by atoms with Gasteiger partial charge >= 0.3 is 0 Å². The van der Waals surface area contributed by atoms with E-state index in [1.807, 2.05) is 0 Å². The minimum atomic E-state index is -0.806. The second kappa shape index (κ2) is 6.53. The molecule has 2 nitrogen and oxygen atoms in total. The molecule has 0 aliphatic carbocycles. The summed E-state index contributed by atoms with van der Waals surface area (Å²) in [5.74, 6) is -1.88. The number of phenolic OH excluding ortho intramolecular Hbond substituents is 2. The summed E-state index contributed by atoms with van der Waals surface area (Å²) in [4.78, 5) is 0. The number of benzene rings is 3. The van der Waals surface area contributed by atoms with E-state index in [2.05, 4.69) is 31.9 Å². The quantitative estimate of drug-likeness (QED) is 0.480. The molecule has 0 bridgehead atoms. The van der Waals surface area contributed by atoms with Gasteiger partial charge in [0.25, 0.3) is 0 Å². The molecule has 0 atom stereocenters. The van der Waals surface area contributed by atoms with Gasteiger partial charge in [-0.25, -0.2) is 8.78 Å². The lowest BCUT2D eigenvalue weighted by atomic mass is 9.97. The van der Waals surface area contributed by atoms with Crippen LogP contribution in [0.25, 0.3) is 22.3 Å². The first-order valence-corrected chi connectivity index (χ1v) is 8.42. The van der Waals surface area contributed by atoms with Crippen LogP contribution in [0.1, 0.15) is 0 Å². The molecule has 0 heterocycles. The largest absolute Gasteiger partial charge is 0.507 e. The molecule has 0 saturated heterocycles. The zero-order valence-electron chi connectivity index (χ0n) is 12.0. The average Bonchev–Trinajstić information content (AvgIpc) is 2.53. The minimum Gasteiger partial charge on any atom is -0.507 e. The molecule has 0 aliphatic heterocycles. The van der Waals surface area contributed by atoms with Crippen molar-refractivity contribution in [1.29, 1.82) is 0 Å². The highest BCUT2D eigenvalue weighted by Crippen LogP contribution is 2.39. The van der Waals surface area contributed by atoms with Crippen LogP contribution < -0.4 is 0 Å². The van der Waals surface area contributed by atoms with Gasteiger partial charge in [0, 0.05) is 37.3 Å².